The summed E-state index contributed by atoms with van der Waals surface area (Å²) < 4.78 is 92.2. The van der Waals surface area contributed by atoms with E-state index in [2.05, 4.69) is 0 Å². The third kappa shape index (κ3) is 4.20. The molecule has 1 atom stereocenters. The van der Waals surface area contributed by atoms with Crippen LogP contribution >= 0.6 is 11.6 Å². The lowest BCUT2D eigenvalue weighted by Gasteiger charge is -2.24. The molecule has 0 saturated carbocycles. The van der Waals surface area contributed by atoms with Crippen molar-refractivity contribution in [2.24, 2.45) is 0 Å². The van der Waals surface area contributed by atoms with Gasteiger partial charge in [0.15, 0.2) is 0 Å². The first-order chi connectivity index (χ1) is 11.0. The summed E-state index contributed by atoms with van der Waals surface area (Å²) in [5.74, 6) is -1.58. The van der Waals surface area contributed by atoms with Gasteiger partial charge in [-0.3, -0.25) is 0 Å². The Kier molecular flexibility index (Phi) is 5.13. The van der Waals surface area contributed by atoms with E-state index >= 15 is 0 Å². The fourth-order valence-corrected chi connectivity index (χ4v) is 2.25. The summed E-state index contributed by atoms with van der Waals surface area (Å²) >= 11 is 5.59. The molecule has 2 aromatic rings. The normalized spacial score (nSPS) is 14.0. The number of alkyl halides is 7. The molecule has 0 N–H and O–H groups in total. The Morgan fingerprint density at radius 1 is 0.875 bits per heavy atom. The molecule has 1 radical (unpaired) electrons. The summed E-state index contributed by atoms with van der Waals surface area (Å²) in [5.41, 5.74) is -2.45. The summed E-state index contributed by atoms with van der Waals surface area (Å²) in [7, 11) is 0. The van der Waals surface area contributed by atoms with Gasteiger partial charge < -0.3 is 0 Å². The minimum atomic E-state index is -5.07. The second-order valence-electron chi connectivity index (χ2n) is 4.90. The van der Waals surface area contributed by atoms with Crippen molar-refractivity contribution in [2.75, 3.05) is 0 Å². The van der Waals surface area contributed by atoms with Crippen molar-refractivity contribution in [3.05, 3.63) is 76.2 Å². The second-order valence-corrected chi connectivity index (χ2v) is 5.34. The molecule has 8 heteroatoms. The Morgan fingerprint density at radius 3 is 1.96 bits per heavy atom. The van der Waals surface area contributed by atoms with Crippen LogP contribution in [0.5, 0.6) is 0 Å². The molecule has 0 aliphatic carbocycles. The Morgan fingerprint density at radius 2 is 1.46 bits per heavy atom. The number of benzene rings is 2. The fraction of sp³-hybridized carbons (Fsp3) is 0.188. The second kappa shape index (κ2) is 6.63. The monoisotopic (exact) mass is 369 g/mol. The first-order valence-corrected chi connectivity index (χ1v) is 6.89. The number of hydrogen-bond acceptors (Lipinski definition) is 0. The van der Waals surface area contributed by atoms with Gasteiger partial charge in [0.2, 0.25) is 0 Å². The summed E-state index contributed by atoms with van der Waals surface area (Å²) in [6, 6.07) is 6.97. The third-order valence-corrected chi connectivity index (χ3v) is 3.47. The van der Waals surface area contributed by atoms with Gasteiger partial charge in [0.25, 0.3) is 0 Å². The quantitative estimate of drug-likeness (QED) is 0.538. The third-order valence-electron chi connectivity index (χ3n) is 3.22. The number of rotatable bonds is 3. The van der Waals surface area contributed by atoms with E-state index in [9.17, 15) is 30.7 Å². The molecule has 0 bridgehead atoms. The molecule has 2 rings (SSSR count). The Bertz CT molecular complexity index is 689. The first kappa shape index (κ1) is 18.6. The van der Waals surface area contributed by atoms with Gasteiger partial charge in [-0.1, -0.05) is 35.9 Å². The topological polar surface area (TPSA) is 0 Å². The molecule has 0 heterocycles. The maximum absolute atomic E-state index is 14.5. The molecule has 0 saturated heterocycles. The van der Waals surface area contributed by atoms with Crippen LogP contribution in [0.2, 0.25) is 5.02 Å². The van der Waals surface area contributed by atoms with Crippen LogP contribution in [0.4, 0.5) is 30.7 Å². The van der Waals surface area contributed by atoms with Crippen LogP contribution in [0.3, 0.4) is 0 Å². The van der Waals surface area contributed by atoms with Gasteiger partial charge >= 0.3 is 12.4 Å². The fourth-order valence-electron chi connectivity index (χ4n) is 2.12. The van der Waals surface area contributed by atoms with Gasteiger partial charge in [-0.2, -0.15) is 26.3 Å². The smallest absolute Gasteiger partial charge is 0.241 e. The van der Waals surface area contributed by atoms with Gasteiger partial charge in [-0.05, 0) is 35.4 Å². The van der Waals surface area contributed by atoms with E-state index in [4.69, 9.17) is 11.6 Å². The molecule has 2 aromatic carbocycles. The van der Waals surface area contributed by atoms with Crippen LogP contribution in [0, 0.1) is 5.92 Å². The highest BCUT2D eigenvalue weighted by molar-refractivity contribution is 6.30. The zero-order chi connectivity index (χ0) is 18.1. The standard InChI is InChI=1S/C16H9ClF7/c17-12-6-4-9(5-7-12)13(16(22,23)24)14(18)10-2-1-3-11(8-10)15(19,20)21/h1-8,14H. The van der Waals surface area contributed by atoms with Gasteiger partial charge in [0.05, 0.1) is 5.56 Å². The highest BCUT2D eigenvalue weighted by atomic mass is 35.5. The van der Waals surface area contributed by atoms with Crippen molar-refractivity contribution in [3.8, 4) is 0 Å². The number of halogens is 8. The van der Waals surface area contributed by atoms with Crippen molar-refractivity contribution in [1.82, 2.24) is 0 Å². The Hall–Kier alpha value is -1.76. The molecule has 0 spiro atoms. The Balaban J connectivity index is 2.46. The minimum Gasteiger partial charge on any atom is -0.241 e. The van der Waals surface area contributed by atoms with E-state index < -0.39 is 41.1 Å². The summed E-state index contributed by atoms with van der Waals surface area (Å²) in [4.78, 5) is 0. The van der Waals surface area contributed by atoms with Crippen LogP contribution in [0.15, 0.2) is 48.5 Å². The maximum atomic E-state index is 14.5. The van der Waals surface area contributed by atoms with Gasteiger partial charge in [-0.25, -0.2) is 4.39 Å². The summed E-state index contributed by atoms with van der Waals surface area (Å²) in [6.45, 7) is 0. The highest BCUT2D eigenvalue weighted by Gasteiger charge is 2.48. The van der Waals surface area contributed by atoms with Crippen LogP contribution < -0.4 is 0 Å². The molecule has 0 aromatic heterocycles. The largest absolute Gasteiger partial charge is 0.416 e. The number of hydrogen-bond donors (Lipinski definition) is 0. The molecular formula is C16H9ClF7. The average molecular weight is 370 g/mol. The summed E-state index contributed by atoms with van der Waals surface area (Å²) in [5, 5.41) is 0.148. The SMILES string of the molecule is FC([C](c1ccc(Cl)cc1)C(F)(F)F)c1cccc(C(F)(F)F)c1. The molecule has 0 amide bonds. The van der Waals surface area contributed by atoms with Crippen molar-refractivity contribution >= 4 is 11.6 Å². The molecule has 0 aliphatic heterocycles. The van der Waals surface area contributed by atoms with E-state index in [1.54, 1.807) is 0 Å². The summed E-state index contributed by atoms with van der Waals surface area (Å²) in [6.07, 6.45) is -12.6. The molecular weight excluding hydrogens is 361 g/mol. The predicted octanol–water partition coefficient (Wildman–Crippen LogP) is 6.55. The zero-order valence-corrected chi connectivity index (χ0v) is 12.5. The van der Waals surface area contributed by atoms with E-state index in [0.717, 1.165) is 36.4 Å². The van der Waals surface area contributed by atoms with Crippen LogP contribution in [0.1, 0.15) is 22.9 Å². The van der Waals surface area contributed by atoms with E-state index in [-0.39, 0.29) is 5.02 Å². The van der Waals surface area contributed by atoms with E-state index in [0.29, 0.717) is 12.1 Å². The minimum absolute atomic E-state index is 0.148. The maximum Gasteiger partial charge on any atom is 0.416 e. The van der Waals surface area contributed by atoms with Crippen LogP contribution in [-0.2, 0) is 6.18 Å². The van der Waals surface area contributed by atoms with Crippen molar-refractivity contribution in [1.29, 1.82) is 0 Å². The van der Waals surface area contributed by atoms with Gasteiger partial charge in [0.1, 0.15) is 12.1 Å². The lowest BCUT2D eigenvalue weighted by Crippen LogP contribution is -2.26. The lowest BCUT2D eigenvalue weighted by molar-refractivity contribution is -0.137. The van der Waals surface area contributed by atoms with E-state index in [1.165, 1.54) is 0 Å². The predicted molar refractivity (Wildman–Crippen MR) is 75.1 cm³/mol. The Labute approximate surface area is 137 Å². The van der Waals surface area contributed by atoms with Crippen LogP contribution in [0.25, 0.3) is 0 Å². The highest BCUT2D eigenvalue weighted by Crippen LogP contribution is 2.45. The van der Waals surface area contributed by atoms with Crippen molar-refractivity contribution in [2.45, 2.75) is 18.5 Å². The molecule has 129 valence electrons. The van der Waals surface area contributed by atoms with Gasteiger partial charge in [-0.15, -0.1) is 0 Å². The molecule has 0 aliphatic rings. The van der Waals surface area contributed by atoms with E-state index in [1.807, 2.05) is 0 Å². The van der Waals surface area contributed by atoms with Crippen LogP contribution in [-0.4, -0.2) is 6.18 Å². The van der Waals surface area contributed by atoms with Crippen molar-refractivity contribution < 1.29 is 30.7 Å². The molecule has 24 heavy (non-hydrogen) atoms. The van der Waals surface area contributed by atoms with Gasteiger partial charge in [0, 0.05) is 5.02 Å². The zero-order valence-electron chi connectivity index (χ0n) is 11.7. The first-order valence-electron chi connectivity index (χ1n) is 6.51. The average Bonchev–Trinajstić information content (AvgIpc) is 2.47. The molecule has 0 nitrogen and oxygen atoms in total. The lowest BCUT2D eigenvalue weighted by atomic mass is 9.89. The molecule has 0 fully saturated rings. The molecule has 1 unspecified atom stereocenters. The van der Waals surface area contributed by atoms with Crippen molar-refractivity contribution in [3.63, 3.8) is 0 Å².